The number of aromatic carboxylic acids is 1. The summed E-state index contributed by atoms with van der Waals surface area (Å²) < 4.78 is 1.83. The maximum absolute atomic E-state index is 12.4. The first-order chi connectivity index (χ1) is 11.1. The minimum absolute atomic E-state index is 0.0516. The van der Waals surface area contributed by atoms with E-state index in [1.54, 1.807) is 4.90 Å². The Morgan fingerprint density at radius 1 is 1.39 bits per heavy atom. The second-order valence-corrected chi connectivity index (χ2v) is 6.02. The van der Waals surface area contributed by atoms with Crippen LogP contribution in [0.25, 0.3) is 0 Å². The van der Waals surface area contributed by atoms with Crippen molar-refractivity contribution in [2.75, 3.05) is 6.54 Å². The van der Waals surface area contributed by atoms with Crippen molar-refractivity contribution in [1.82, 2.24) is 29.9 Å². The lowest BCUT2D eigenvalue weighted by Crippen LogP contribution is -2.37. The molecular weight excluding hydrogens is 300 g/mol. The number of nitrogens with one attached hydrogen (secondary N) is 1. The zero-order valence-corrected chi connectivity index (χ0v) is 12.4. The third kappa shape index (κ3) is 2.47. The number of carboxylic acids is 1. The van der Waals surface area contributed by atoms with Crippen molar-refractivity contribution in [2.45, 2.75) is 32.4 Å². The third-order valence-corrected chi connectivity index (χ3v) is 4.37. The second kappa shape index (κ2) is 5.18. The van der Waals surface area contributed by atoms with E-state index in [1.807, 2.05) is 4.68 Å². The molecule has 1 aliphatic heterocycles. The zero-order chi connectivity index (χ0) is 16.0. The Hall–Kier alpha value is -2.71. The van der Waals surface area contributed by atoms with Crippen molar-refractivity contribution in [3.63, 3.8) is 0 Å². The molecule has 1 amide bonds. The summed E-state index contributed by atoms with van der Waals surface area (Å²) in [6, 6.07) is 0. The molecule has 4 rings (SSSR count). The van der Waals surface area contributed by atoms with Crippen LogP contribution in [0.5, 0.6) is 0 Å². The Labute approximate surface area is 131 Å². The smallest absolute Gasteiger partial charge is 0.356 e. The lowest BCUT2D eigenvalue weighted by atomic mass is 10.0. The van der Waals surface area contributed by atoms with Crippen molar-refractivity contribution in [3.05, 3.63) is 29.1 Å². The molecule has 0 spiro atoms. The van der Waals surface area contributed by atoms with E-state index in [0.717, 1.165) is 12.2 Å². The highest BCUT2D eigenvalue weighted by molar-refractivity contribution is 5.91. The molecule has 1 fully saturated rings. The van der Waals surface area contributed by atoms with Gasteiger partial charge in [0, 0.05) is 30.8 Å². The van der Waals surface area contributed by atoms with Crippen LogP contribution >= 0.6 is 0 Å². The molecule has 0 aromatic carbocycles. The van der Waals surface area contributed by atoms with Crippen molar-refractivity contribution in [1.29, 1.82) is 0 Å². The minimum atomic E-state index is -1.05. The van der Waals surface area contributed by atoms with Crippen LogP contribution in [0.15, 0.2) is 6.33 Å². The van der Waals surface area contributed by atoms with Gasteiger partial charge in [-0.3, -0.25) is 14.6 Å². The lowest BCUT2D eigenvalue weighted by Gasteiger charge is -2.26. The summed E-state index contributed by atoms with van der Waals surface area (Å²) in [7, 11) is 0. The van der Waals surface area contributed by atoms with Gasteiger partial charge in [0.25, 0.3) is 5.91 Å². The number of hydrogen-bond donors (Lipinski definition) is 2. The highest BCUT2D eigenvalue weighted by Gasteiger charge is 2.32. The van der Waals surface area contributed by atoms with Gasteiger partial charge in [-0.05, 0) is 18.8 Å². The largest absolute Gasteiger partial charge is 0.476 e. The fourth-order valence-corrected chi connectivity index (χ4v) is 2.99. The van der Waals surface area contributed by atoms with E-state index in [9.17, 15) is 14.7 Å². The van der Waals surface area contributed by atoms with E-state index < -0.39 is 5.97 Å². The predicted molar refractivity (Wildman–Crippen MR) is 76.7 cm³/mol. The second-order valence-electron chi connectivity index (χ2n) is 6.02. The van der Waals surface area contributed by atoms with Gasteiger partial charge in [-0.15, -0.1) is 0 Å². The Kier molecular flexibility index (Phi) is 3.14. The SMILES string of the molecule is O=C(O)c1nn(CC2CC2)c2c1CN(C(=O)c1ncn[nH]1)CC2. The molecule has 1 aliphatic carbocycles. The van der Waals surface area contributed by atoms with Gasteiger partial charge in [0.1, 0.15) is 6.33 Å². The van der Waals surface area contributed by atoms with E-state index in [1.165, 1.54) is 19.2 Å². The molecule has 1 saturated carbocycles. The summed E-state index contributed by atoms with van der Waals surface area (Å²) in [5.74, 6) is -0.561. The first-order valence-electron chi connectivity index (χ1n) is 7.60. The molecule has 0 atom stereocenters. The first kappa shape index (κ1) is 13.9. The van der Waals surface area contributed by atoms with Gasteiger partial charge in [-0.1, -0.05) is 0 Å². The van der Waals surface area contributed by atoms with E-state index in [0.29, 0.717) is 24.4 Å². The molecule has 2 aromatic heterocycles. The fraction of sp³-hybridized carbons (Fsp3) is 0.500. The molecule has 2 N–H and O–H groups in total. The molecule has 0 saturated heterocycles. The van der Waals surface area contributed by atoms with Crippen LogP contribution in [-0.2, 0) is 19.5 Å². The maximum Gasteiger partial charge on any atom is 0.356 e. The number of hydrogen-bond acceptors (Lipinski definition) is 5. The van der Waals surface area contributed by atoms with Crippen LogP contribution in [0.4, 0.5) is 0 Å². The molecule has 3 heterocycles. The van der Waals surface area contributed by atoms with Crippen LogP contribution in [-0.4, -0.2) is 53.4 Å². The molecule has 23 heavy (non-hydrogen) atoms. The van der Waals surface area contributed by atoms with E-state index in [-0.39, 0.29) is 24.0 Å². The summed E-state index contributed by atoms with van der Waals surface area (Å²) >= 11 is 0. The molecule has 2 aliphatic rings. The molecular formula is C14H16N6O3. The van der Waals surface area contributed by atoms with Gasteiger partial charge < -0.3 is 10.0 Å². The predicted octanol–water partition coefficient (Wildman–Crippen LogP) is 0.308. The van der Waals surface area contributed by atoms with Crippen LogP contribution in [0.1, 0.15) is 45.2 Å². The number of aromatic nitrogens is 5. The summed E-state index contributed by atoms with van der Waals surface area (Å²) in [6.45, 7) is 1.52. The zero-order valence-electron chi connectivity index (χ0n) is 12.4. The normalized spacial score (nSPS) is 17.1. The lowest BCUT2D eigenvalue weighted by molar-refractivity contribution is 0.0671. The van der Waals surface area contributed by atoms with Gasteiger partial charge in [0.2, 0.25) is 5.82 Å². The van der Waals surface area contributed by atoms with Gasteiger partial charge in [0.05, 0.1) is 6.54 Å². The standard InChI is InChI=1S/C14H16N6O3/c21-13(12-15-7-16-17-12)19-4-3-10-9(6-19)11(14(22)23)18-20(10)5-8-1-2-8/h7-8H,1-6H2,(H,22,23)(H,15,16,17). The number of aromatic amines is 1. The quantitative estimate of drug-likeness (QED) is 0.838. The first-order valence-corrected chi connectivity index (χ1v) is 7.60. The van der Waals surface area contributed by atoms with Crippen LogP contribution in [0, 0.1) is 5.92 Å². The van der Waals surface area contributed by atoms with E-state index in [4.69, 9.17) is 0 Å². The molecule has 120 valence electrons. The number of rotatable bonds is 4. The number of carbonyl (C=O) groups excluding carboxylic acids is 1. The number of amides is 1. The van der Waals surface area contributed by atoms with Crippen molar-refractivity contribution < 1.29 is 14.7 Å². The Morgan fingerprint density at radius 2 is 2.22 bits per heavy atom. The maximum atomic E-state index is 12.4. The van der Waals surface area contributed by atoms with Gasteiger partial charge >= 0.3 is 5.97 Å². The monoisotopic (exact) mass is 316 g/mol. The van der Waals surface area contributed by atoms with Crippen LogP contribution in [0.3, 0.4) is 0 Å². The number of fused-ring (bicyclic) bond motifs is 1. The van der Waals surface area contributed by atoms with Crippen molar-refractivity contribution >= 4 is 11.9 Å². The summed E-state index contributed by atoms with van der Waals surface area (Å²) in [4.78, 5) is 29.3. The Morgan fingerprint density at radius 3 is 2.87 bits per heavy atom. The van der Waals surface area contributed by atoms with E-state index in [2.05, 4.69) is 20.3 Å². The van der Waals surface area contributed by atoms with Crippen molar-refractivity contribution in [2.24, 2.45) is 5.92 Å². The number of carbonyl (C=O) groups is 2. The fourth-order valence-electron chi connectivity index (χ4n) is 2.99. The van der Waals surface area contributed by atoms with Crippen LogP contribution in [0.2, 0.25) is 0 Å². The van der Waals surface area contributed by atoms with Gasteiger partial charge in [-0.2, -0.15) is 10.2 Å². The molecule has 0 radical (unpaired) electrons. The van der Waals surface area contributed by atoms with Crippen molar-refractivity contribution in [3.8, 4) is 0 Å². The summed E-state index contributed by atoms with van der Waals surface area (Å²) in [5, 5.41) is 19.9. The number of H-pyrrole nitrogens is 1. The summed E-state index contributed by atoms with van der Waals surface area (Å²) in [5.41, 5.74) is 1.63. The highest BCUT2D eigenvalue weighted by atomic mass is 16.4. The van der Waals surface area contributed by atoms with Gasteiger partial charge in [-0.25, -0.2) is 9.78 Å². The topological polar surface area (TPSA) is 117 Å². The van der Waals surface area contributed by atoms with E-state index >= 15 is 0 Å². The average molecular weight is 316 g/mol. The molecule has 9 heteroatoms. The average Bonchev–Trinajstić information content (AvgIpc) is 3.06. The molecule has 2 aromatic rings. The van der Waals surface area contributed by atoms with Gasteiger partial charge in [0.15, 0.2) is 5.69 Å². The third-order valence-electron chi connectivity index (χ3n) is 4.37. The summed E-state index contributed by atoms with van der Waals surface area (Å²) in [6.07, 6.45) is 4.22. The minimum Gasteiger partial charge on any atom is -0.476 e. The van der Waals surface area contributed by atoms with Crippen LogP contribution < -0.4 is 0 Å². The molecule has 9 nitrogen and oxygen atoms in total. The highest BCUT2D eigenvalue weighted by Crippen LogP contribution is 2.32. The molecule has 0 unspecified atom stereocenters. The Balaban J connectivity index is 1.63. The number of carboxylic acid groups (broad SMARTS) is 1. The molecule has 0 bridgehead atoms. The Bertz CT molecular complexity index is 762. The number of nitrogens with zero attached hydrogens (tertiary/aromatic N) is 5.